The van der Waals surface area contributed by atoms with Gasteiger partial charge in [-0.3, -0.25) is 9.69 Å². The first-order valence-corrected chi connectivity index (χ1v) is 10.4. The number of nitrogens with zero attached hydrogens (tertiary/aromatic N) is 5. The van der Waals surface area contributed by atoms with Crippen molar-refractivity contribution < 1.29 is 9.21 Å². The van der Waals surface area contributed by atoms with E-state index >= 15 is 0 Å². The fourth-order valence-corrected chi connectivity index (χ4v) is 4.00. The van der Waals surface area contributed by atoms with Crippen LogP contribution in [0.25, 0.3) is 22.3 Å². The fourth-order valence-electron chi connectivity index (χ4n) is 3.40. The lowest BCUT2D eigenvalue weighted by atomic mass is 10.2. The summed E-state index contributed by atoms with van der Waals surface area (Å²) in [6.45, 7) is 4.02. The number of aryl methyl sites for hydroxylation is 1. The molecule has 4 heterocycles. The Morgan fingerprint density at radius 2 is 2.24 bits per heavy atom. The van der Waals surface area contributed by atoms with Crippen molar-refractivity contribution in [3.63, 3.8) is 0 Å². The highest BCUT2D eigenvalue weighted by Gasteiger charge is 2.25. The molecule has 0 saturated carbocycles. The first kappa shape index (κ1) is 19.7. The van der Waals surface area contributed by atoms with E-state index in [1.165, 1.54) is 11.3 Å². The molecule has 29 heavy (non-hydrogen) atoms. The van der Waals surface area contributed by atoms with Gasteiger partial charge < -0.3 is 14.6 Å². The minimum atomic E-state index is -0.0882. The van der Waals surface area contributed by atoms with Gasteiger partial charge in [0.1, 0.15) is 22.3 Å². The van der Waals surface area contributed by atoms with Crippen molar-refractivity contribution in [1.82, 2.24) is 24.8 Å². The number of nitrogens with one attached hydrogen (secondary N) is 1. The average molecular weight is 413 g/mol. The van der Waals surface area contributed by atoms with Gasteiger partial charge in [0.25, 0.3) is 0 Å². The Kier molecular flexibility index (Phi) is 5.70. The van der Waals surface area contributed by atoms with Gasteiger partial charge in [-0.25, -0.2) is 15.0 Å². The normalized spacial score (nSPS) is 17.2. The number of carbonyl (C=O) groups is 1. The van der Waals surface area contributed by atoms with Gasteiger partial charge in [0.05, 0.1) is 6.54 Å². The molecular formula is C20H24N6O2S. The summed E-state index contributed by atoms with van der Waals surface area (Å²) in [4.78, 5) is 30.4. The molecule has 1 aliphatic rings. The number of hydrogen-bond donors (Lipinski definition) is 1. The smallest absolute Gasteiger partial charge is 0.239 e. The zero-order valence-corrected chi connectivity index (χ0v) is 17.6. The van der Waals surface area contributed by atoms with Gasteiger partial charge in [0, 0.05) is 36.8 Å². The van der Waals surface area contributed by atoms with Crippen LogP contribution in [0.3, 0.4) is 0 Å². The minimum Gasteiger partial charge on any atom is -0.458 e. The van der Waals surface area contributed by atoms with E-state index in [0.29, 0.717) is 35.7 Å². The molecule has 3 aromatic heterocycles. The number of furan rings is 1. The van der Waals surface area contributed by atoms with Crippen molar-refractivity contribution in [1.29, 1.82) is 0 Å². The molecule has 152 valence electrons. The van der Waals surface area contributed by atoms with Gasteiger partial charge in [-0.15, -0.1) is 11.3 Å². The summed E-state index contributed by atoms with van der Waals surface area (Å²) >= 11 is 1.48. The maximum Gasteiger partial charge on any atom is 0.239 e. The Hall–Kier alpha value is -2.62. The van der Waals surface area contributed by atoms with Gasteiger partial charge in [0.15, 0.2) is 11.6 Å². The highest BCUT2D eigenvalue weighted by atomic mass is 32.1. The van der Waals surface area contributed by atoms with E-state index in [0.717, 1.165) is 30.3 Å². The van der Waals surface area contributed by atoms with Crippen LogP contribution >= 0.6 is 11.3 Å². The third-order valence-electron chi connectivity index (χ3n) is 4.95. The van der Waals surface area contributed by atoms with Crippen molar-refractivity contribution >= 4 is 23.1 Å². The summed E-state index contributed by atoms with van der Waals surface area (Å²) in [6.07, 6.45) is 2.80. The molecule has 4 rings (SSSR count). The largest absolute Gasteiger partial charge is 0.458 e. The molecule has 3 aromatic rings. The van der Waals surface area contributed by atoms with E-state index in [9.17, 15) is 4.79 Å². The summed E-state index contributed by atoms with van der Waals surface area (Å²) < 4.78 is 5.68. The van der Waals surface area contributed by atoms with Crippen molar-refractivity contribution in [2.45, 2.75) is 19.4 Å². The predicted molar refractivity (Wildman–Crippen MR) is 113 cm³/mol. The van der Waals surface area contributed by atoms with E-state index in [1.807, 2.05) is 24.4 Å². The first-order chi connectivity index (χ1) is 14.0. The van der Waals surface area contributed by atoms with Crippen LogP contribution < -0.4 is 5.32 Å². The van der Waals surface area contributed by atoms with Crippen molar-refractivity contribution in [2.24, 2.45) is 0 Å². The lowest BCUT2D eigenvalue weighted by molar-refractivity contribution is -0.117. The third kappa shape index (κ3) is 4.69. The third-order valence-corrected chi connectivity index (χ3v) is 5.75. The lowest BCUT2D eigenvalue weighted by Gasteiger charge is -2.20. The predicted octanol–water partition coefficient (Wildman–Crippen LogP) is 2.74. The number of likely N-dealkylation sites (N-methyl/N-ethyl adjacent to an activating group) is 1. The van der Waals surface area contributed by atoms with Gasteiger partial charge in [-0.1, -0.05) is 0 Å². The number of aromatic nitrogens is 3. The van der Waals surface area contributed by atoms with Crippen LogP contribution in [0.1, 0.15) is 12.2 Å². The quantitative estimate of drug-likeness (QED) is 0.666. The molecule has 0 spiro atoms. The van der Waals surface area contributed by atoms with Gasteiger partial charge in [0.2, 0.25) is 5.91 Å². The summed E-state index contributed by atoms with van der Waals surface area (Å²) in [6, 6.07) is 5.93. The van der Waals surface area contributed by atoms with Crippen LogP contribution in [-0.4, -0.2) is 70.4 Å². The number of hydrogen-bond acceptors (Lipinski definition) is 8. The molecule has 1 atom stereocenters. The zero-order chi connectivity index (χ0) is 20.4. The topological polar surface area (TPSA) is 87.4 Å². The summed E-state index contributed by atoms with van der Waals surface area (Å²) in [5.74, 6) is 2.12. The summed E-state index contributed by atoms with van der Waals surface area (Å²) in [5, 5.41) is 5.58. The lowest BCUT2D eigenvalue weighted by Crippen LogP contribution is -2.35. The van der Waals surface area contributed by atoms with Gasteiger partial charge >= 0.3 is 0 Å². The first-order valence-electron chi connectivity index (χ1n) is 9.52. The number of likely N-dealkylation sites (tertiary alicyclic amines) is 1. The molecule has 9 heteroatoms. The van der Waals surface area contributed by atoms with Crippen LogP contribution in [0.2, 0.25) is 0 Å². The molecule has 1 fully saturated rings. The number of thiazole rings is 1. The van der Waals surface area contributed by atoms with Crippen LogP contribution in [0, 0.1) is 6.92 Å². The molecule has 1 N–H and O–H groups in total. The molecular weight excluding hydrogens is 388 g/mol. The molecule has 0 unspecified atom stereocenters. The Morgan fingerprint density at radius 3 is 2.90 bits per heavy atom. The number of amides is 1. The van der Waals surface area contributed by atoms with E-state index in [4.69, 9.17) is 4.42 Å². The maximum absolute atomic E-state index is 12.6. The molecule has 0 radical (unpaired) electrons. The highest BCUT2D eigenvalue weighted by Crippen LogP contribution is 2.26. The van der Waals surface area contributed by atoms with Crippen molar-refractivity contribution in [3.8, 4) is 22.3 Å². The molecule has 1 aliphatic heterocycles. The van der Waals surface area contributed by atoms with E-state index in [-0.39, 0.29) is 5.91 Å². The molecule has 1 amide bonds. The van der Waals surface area contributed by atoms with Gasteiger partial charge in [-0.2, -0.15) is 0 Å². The van der Waals surface area contributed by atoms with Crippen LogP contribution in [0.4, 0.5) is 5.82 Å². The second kappa shape index (κ2) is 8.40. The Bertz CT molecular complexity index is 985. The second-order valence-corrected chi connectivity index (χ2v) is 8.29. The van der Waals surface area contributed by atoms with E-state index < -0.39 is 0 Å². The van der Waals surface area contributed by atoms with E-state index in [2.05, 4.69) is 44.2 Å². The molecule has 0 aromatic carbocycles. The molecule has 0 bridgehead atoms. The number of rotatable bonds is 6. The standard InChI is InChI=1S/C20H24N6O2S/c1-13-4-5-16(28-13)19-22-15(20-21-7-9-29-20)10-17(24-19)23-18(27)12-26-8-6-14(11-26)25(2)3/h4-5,7,9-10,14H,6,8,11-12H2,1-3H3,(H,22,23,24,27)/t14-/m0/s1. The maximum atomic E-state index is 12.6. The monoisotopic (exact) mass is 412 g/mol. The Balaban J connectivity index is 1.53. The SMILES string of the molecule is Cc1ccc(-c2nc(NC(=O)CN3CC[C@H](N(C)C)C3)cc(-c3nccs3)n2)o1. The van der Waals surface area contributed by atoms with Crippen LogP contribution in [-0.2, 0) is 4.79 Å². The summed E-state index contributed by atoms with van der Waals surface area (Å²) in [5.41, 5.74) is 0.656. The van der Waals surface area contributed by atoms with Crippen molar-refractivity contribution in [2.75, 3.05) is 39.0 Å². The van der Waals surface area contributed by atoms with Crippen molar-refractivity contribution in [3.05, 3.63) is 35.5 Å². The van der Waals surface area contributed by atoms with Crippen LogP contribution in [0.5, 0.6) is 0 Å². The Morgan fingerprint density at radius 1 is 1.38 bits per heavy atom. The molecule has 1 saturated heterocycles. The van der Waals surface area contributed by atoms with Gasteiger partial charge in [-0.05, 0) is 39.6 Å². The second-order valence-electron chi connectivity index (χ2n) is 7.40. The molecule has 0 aliphatic carbocycles. The summed E-state index contributed by atoms with van der Waals surface area (Å²) in [7, 11) is 4.15. The highest BCUT2D eigenvalue weighted by molar-refractivity contribution is 7.13. The van der Waals surface area contributed by atoms with E-state index in [1.54, 1.807) is 12.3 Å². The van der Waals surface area contributed by atoms with Crippen LogP contribution in [0.15, 0.2) is 34.2 Å². The fraction of sp³-hybridized carbons (Fsp3) is 0.400. The number of anilines is 1. The average Bonchev–Trinajstić information content (AvgIpc) is 3.43. The number of carbonyl (C=O) groups excluding carboxylic acids is 1. The zero-order valence-electron chi connectivity index (χ0n) is 16.8. The Labute approximate surface area is 173 Å². The minimum absolute atomic E-state index is 0.0882. The molecule has 8 nitrogen and oxygen atoms in total.